The van der Waals surface area contributed by atoms with Gasteiger partial charge in [0.1, 0.15) is 0 Å². The van der Waals surface area contributed by atoms with Gasteiger partial charge in [-0.25, -0.2) is 0 Å². The largest absolute Gasteiger partial charge is 0.380 e. The van der Waals surface area contributed by atoms with Crippen LogP contribution in [0.4, 0.5) is 5.69 Å². The SMILES string of the molecule is O=C(C(CCN1CC[C@H]2c3ccccc3N[C@H]2C1)c1ccccc1)N1CCCCCC1. The van der Waals surface area contributed by atoms with E-state index in [1.807, 2.05) is 6.07 Å². The molecule has 1 N–H and O–H groups in total. The van der Waals surface area contributed by atoms with E-state index in [1.54, 1.807) is 0 Å². The summed E-state index contributed by atoms with van der Waals surface area (Å²) in [5, 5.41) is 3.75. The number of rotatable bonds is 5. The zero-order valence-corrected chi connectivity index (χ0v) is 18.5. The van der Waals surface area contributed by atoms with Gasteiger partial charge in [0.15, 0.2) is 0 Å². The van der Waals surface area contributed by atoms with E-state index in [1.165, 1.54) is 36.1 Å². The Balaban J connectivity index is 1.24. The van der Waals surface area contributed by atoms with Crippen molar-refractivity contribution in [1.29, 1.82) is 0 Å². The van der Waals surface area contributed by atoms with Crippen molar-refractivity contribution in [3.05, 3.63) is 65.7 Å². The number of fused-ring (bicyclic) bond motifs is 3. The van der Waals surface area contributed by atoms with Crippen LogP contribution in [0.25, 0.3) is 0 Å². The van der Waals surface area contributed by atoms with Gasteiger partial charge in [0.05, 0.1) is 5.92 Å². The number of amides is 1. The lowest BCUT2D eigenvalue weighted by Gasteiger charge is -2.36. The number of carbonyl (C=O) groups is 1. The number of likely N-dealkylation sites (tertiary alicyclic amines) is 2. The molecule has 0 radical (unpaired) electrons. The highest BCUT2D eigenvalue weighted by Gasteiger charge is 2.36. The van der Waals surface area contributed by atoms with E-state index in [0.29, 0.717) is 17.9 Å². The predicted molar refractivity (Wildman–Crippen MR) is 126 cm³/mol. The summed E-state index contributed by atoms with van der Waals surface area (Å²) in [5.41, 5.74) is 3.99. The summed E-state index contributed by atoms with van der Waals surface area (Å²) in [4.78, 5) is 18.3. The molecule has 3 aliphatic rings. The minimum Gasteiger partial charge on any atom is -0.380 e. The number of hydrogen-bond acceptors (Lipinski definition) is 3. The van der Waals surface area contributed by atoms with Gasteiger partial charge in [-0.3, -0.25) is 4.79 Å². The third-order valence-corrected chi connectivity index (χ3v) is 7.55. The smallest absolute Gasteiger partial charge is 0.230 e. The monoisotopic (exact) mass is 417 g/mol. The van der Waals surface area contributed by atoms with Crippen molar-refractivity contribution in [3.8, 4) is 0 Å². The van der Waals surface area contributed by atoms with Gasteiger partial charge in [-0.1, -0.05) is 61.4 Å². The van der Waals surface area contributed by atoms with Gasteiger partial charge in [-0.2, -0.15) is 0 Å². The summed E-state index contributed by atoms with van der Waals surface area (Å²) in [6.45, 7) is 5.03. The molecule has 1 unspecified atom stereocenters. The number of anilines is 1. The molecule has 2 fully saturated rings. The third kappa shape index (κ3) is 4.50. The molecule has 2 aromatic carbocycles. The number of nitrogens with one attached hydrogen (secondary N) is 1. The van der Waals surface area contributed by atoms with Gasteiger partial charge in [-0.05, 0) is 56.0 Å². The van der Waals surface area contributed by atoms with E-state index in [4.69, 9.17) is 0 Å². The highest BCUT2D eigenvalue weighted by Crippen LogP contribution is 2.40. The van der Waals surface area contributed by atoms with Crippen molar-refractivity contribution in [2.24, 2.45) is 0 Å². The van der Waals surface area contributed by atoms with Crippen LogP contribution in [0, 0.1) is 0 Å². The third-order valence-electron chi connectivity index (χ3n) is 7.55. The standard InChI is InChI=1S/C27H35N3O/c31-27(30-16-8-1-2-9-17-30)22(21-10-4-3-5-11-21)14-18-29-19-15-24-23-12-6-7-13-25(23)28-26(24)20-29/h3-7,10-13,22,24,26,28H,1-2,8-9,14-20H2/t22?,24-,26-/m0/s1. The normalized spacial score (nSPS) is 24.6. The quantitative estimate of drug-likeness (QED) is 0.756. The number of para-hydroxylation sites is 1. The minimum absolute atomic E-state index is 0.0224. The molecular formula is C27H35N3O. The molecule has 31 heavy (non-hydrogen) atoms. The molecule has 3 atom stereocenters. The van der Waals surface area contributed by atoms with Crippen LogP contribution in [0.15, 0.2) is 54.6 Å². The fraction of sp³-hybridized carbons (Fsp3) is 0.519. The Morgan fingerprint density at radius 2 is 1.68 bits per heavy atom. The maximum absolute atomic E-state index is 13.6. The molecule has 0 aromatic heterocycles. The second kappa shape index (κ2) is 9.44. The van der Waals surface area contributed by atoms with Crippen LogP contribution in [-0.2, 0) is 4.79 Å². The van der Waals surface area contributed by atoms with Crippen LogP contribution in [0.1, 0.15) is 61.5 Å². The van der Waals surface area contributed by atoms with Crippen molar-refractivity contribution >= 4 is 11.6 Å². The molecule has 5 rings (SSSR count). The van der Waals surface area contributed by atoms with E-state index in [2.05, 4.69) is 63.6 Å². The first kappa shape index (κ1) is 20.6. The Hall–Kier alpha value is -2.33. The molecule has 4 heteroatoms. The summed E-state index contributed by atoms with van der Waals surface area (Å²) in [7, 11) is 0. The maximum atomic E-state index is 13.6. The average molecular weight is 418 g/mol. The summed E-state index contributed by atoms with van der Waals surface area (Å²) in [6, 6.07) is 19.8. The van der Waals surface area contributed by atoms with Gasteiger partial charge < -0.3 is 15.1 Å². The van der Waals surface area contributed by atoms with Crippen LogP contribution in [0.5, 0.6) is 0 Å². The Kier molecular flexibility index (Phi) is 6.26. The van der Waals surface area contributed by atoms with Crippen molar-refractivity contribution in [1.82, 2.24) is 9.80 Å². The Morgan fingerprint density at radius 3 is 2.48 bits per heavy atom. The first-order valence-corrected chi connectivity index (χ1v) is 12.2. The molecule has 0 spiro atoms. The van der Waals surface area contributed by atoms with Crippen LogP contribution in [0.3, 0.4) is 0 Å². The zero-order valence-electron chi connectivity index (χ0n) is 18.5. The molecule has 2 saturated heterocycles. The fourth-order valence-corrected chi connectivity index (χ4v) is 5.83. The van der Waals surface area contributed by atoms with E-state index >= 15 is 0 Å². The lowest BCUT2D eigenvalue weighted by Crippen LogP contribution is -2.45. The van der Waals surface area contributed by atoms with E-state index in [-0.39, 0.29) is 5.92 Å². The van der Waals surface area contributed by atoms with Crippen molar-refractivity contribution < 1.29 is 4.79 Å². The number of piperidine rings is 1. The molecule has 2 aromatic rings. The Morgan fingerprint density at radius 1 is 0.935 bits per heavy atom. The topological polar surface area (TPSA) is 35.6 Å². The molecule has 0 aliphatic carbocycles. The van der Waals surface area contributed by atoms with Crippen LogP contribution in [0.2, 0.25) is 0 Å². The molecule has 4 nitrogen and oxygen atoms in total. The Labute approximate surface area is 186 Å². The summed E-state index contributed by atoms with van der Waals surface area (Å²) < 4.78 is 0. The van der Waals surface area contributed by atoms with Crippen molar-refractivity contribution in [2.45, 2.75) is 56.4 Å². The molecule has 3 heterocycles. The molecule has 0 bridgehead atoms. The lowest BCUT2D eigenvalue weighted by molar-refractivity contribution is -0.133. The predicted octanol–water partition coefficient (Wildman–Crippen LogP) is 4.85. The van der Waals surface area contributed by atoms with E-state index in [9.17, 15) is 4.79 Å². The average Bonchev–Trinajstić information content (AvgIpc) is 2.97. The second-order valence-electron chi connectivity index (χ2n) is 9.53. The highest BCUT2D eigenvalue weighted by molar-refractivity contribution is 5.83. The van der Waals surface area contributed by atoms with Gasteiger partial charge in [0, 0.05) is 37.3 Å². The van der Waals surface area contributed by atoms with Crippen LogP contribution in [-0.4, -0.2) is 54.5 Å². The van der Waals surface area contributed by atoms with E-state index < -0.39 is 0 Å². The molecule has 3 aliphatic heterocycles. The second-order valence-corrected chi connectivity index (χ2v) is 9.53. The minimum atomic E-state index is -0.0224. The molecule has 1 amide bonds. The van der Waals surface area contributed by atoms with Crippen LogP contribution < -0.4 is 5.32 Å². The van der Waals surface area contributed by atoms with Gasteiger partial charge in [0.2, 0.25) is 5.91 Å². The van der Waals surface area contributed by atoms with Gasteiger partial charge in [0.25, 0.3) is 0 Å². The molecule has 0 saturated carbocycles. The highest BCUT2D eigenvalue weighted by atomic mass is 16.2. The number of carbonyl (C=O) groups excluding carboxylic acids is 1. The molecular weight excluding hydrogens is 382 g/mol. The van der Waals surface area contributed by atoms with E-state index in [0.717, 1.165) is 52.0 Å². The summed E-state index contributed by atoms with van der Waals surface area (Å²) in [6.07, 6.45) is 6.91. The maximum Gasteiger partial charge on any atom is 0.230 e. The number of hydrogen-bond donors (Lipinski definition) is 1. The van der Waals surface area contributed by atoms with Gasteiger partial charge in [-0.15, -0.1) is 0 Å². The van der Waals surface area contributed by atoms with Crippen LogP contribution >= 0.6 is 0 Å². The first-order chi connectivity index (χ1) is 15.3. The number of nitrogens with zero attached hydrogens (tertiary/aromatic N) is 2. The van der Waals surface area contributed by atoms with Crippen molar-refractivity contribution in [3.63, 3.8) is 0 Å². The zero-order chi connectivity index (χ0) is 21.0. The molecule has 164 valence electrons. The fourth-order valence-electron chi connectivity index (χ4n) is 5.83. The first-order valence-electron chi connectivity index (χ1n) is 12.2. The lowest BCUT2D eigenvalue weighted by atomic mass is 9.88. The number of benzene rings is 2. The Bertz CT molecular complexity index is 875. The summed E-state index contributed by atoms with van der Waals surface area (Å²) in [5.74, 6) is 0.955. The summed E-state index contributed by atoms with van der Waals surface area (Å²) >= 11 is 0. The van der Waals surface area contributed by atoms with Gasteiger partial charge >= 0.3 is 0 Å². The van der Waals surface area contributed by atoms with Crippen molar-refractivity contribution in [2.75, 3.05) is 38.0 Å².